The molecule has 0 unspecified atom stereocenters. The summed E-state index contributed by atoms with van der Waals surface area (Å²) in [5.74, 6) is 0.115. The summed E-state index contributed by atoms with van der Waals surface area (Å²) in [7, 11) is 0. The topological polar surface area (TPSA) is 29.1 Å². The normalized spacial score (nSPS) is 15.7. The zero-order chi connectivity index (χ0) is 14.2. The minimum absolute atomic E-state index is 0.115. The average Bonchev–Trinajstić information content (AvgIpc) is 3.23. The number of amides is 1. The number of aryl methyl sites for hydroxylation is 1. The van der Waals surface area contributed by atoms with E-state index in [1.54, 1.807) is 0 Å². The third kappa shape index (κ3) is 2.59. The second-order valence-corrected chi connectivity index (χ2v) is 6.66. The third-order valence-electron chi connectivity index (χ3n) is 3.86. The Balaban J connectivity index is 1.81. The monoisotopic (exact) mass is 377 g/mol. The highest BCUT2D eigenvalue weighted by Gasteiger charge is 2.51. The Morgan fingerprint density at radius 3 is 2.45 bits per heavy atom. The van der Waals surface area contributed by atoms with E-state index < -0.39 is 0 Å². The van der Waals surface area contributed by atoms with E-state index in [0.29, 0.717) is 0 Å². The van der Waals surface area contributed by atoms with Gasteiger partial charge in [-0.15, -0.1) is 0 Å². The first-order valence-corrected chi connectivity index (χ1v) is 7.82. The molecule has 0 spiro atoms. The lowest BCUT2D eigenvalue weighted by Gasteiger charge is -2.16. The molecule has 0 heterocycles. The van der Waals surface area contributed by atoms with Crippen molar-refractivity contribution in [1.29, 1.82) is 0 Å². The summed E-state index contributed by atoms with van der Waals surface area (Å²) < 4.78 is 1.17. The lowest BCUT2D eigenvalue weighted by molar-refractivity contribution is -0.118. The van der Waals surface area contributed by atoms with Crippen LogP contribution in [-0.2, 0) is 10.2 Å². The Morgan fingerprint density at radius 2 is 1.85 bits per heavy atom. The molecule has 0 aromatic heterocycles. The molecule has 2 aromatic carbocycles. The fraction of sp³-hybridized carbons (Fsp3) is 0.235. The minimum Gasteiger partial charge on any atom is -0.325 e. The van der Waals surface area contributed by atoms with Crippen LogP contribution in [0.3, 0.4) is 0 Å². The SMILES string of the molecule is Cc1cccc(C2(C(=O)Nc3ccc(I)cc3)CC2)c1. The Labute approximate surface area is 132 Å². The second kappa shape index (κ2) is 5.20. The third-order valence-corrected chi connectivity index (χ3v) is 4.58. The molecule has 1 aliphatic carbocycles. The molecule has 2 nitrogen and oxygen atoms in total. The summed E-state index contributed by atoms with van der Waals surface area (Å²) >= 11 is 2.26. The van der Waals surface area contributed by atoms with Crippen LogP contribution in [0.25, 0.3) is 0 Å². The number of carbonyl (C=O) groups is 1. The van der Waals surface area contributed by atoms with Crippen LogP contribution in [0.4, 0.5) is 5.69 Å². The Hall–Kier alpha value is -1.36. The van der Waals surface area contributed by atoms with Crippen LogP contribution in [-0.4, -0.2) is 5.91 Å². The average molecular weight is 377 g/mol. The first-order valence-electron chi connectivity index (χ1n) is 6.74. The van der Waals surface area contributed by atoms with Gasteiger partial charge in [0.15, 0.2) is 0 Å². The van der Waals surface area contributed by atoms with Crippen molar-refractivity contribution in [2.24, 2.45) is 0 Å². The predicted molar refractivity (Wildman–Crippen MR) is 89.9 cm³/mol. The van der Waals surface area contributed by atoms with Gasteiger partial charge in [-0.2, -0.15) is 0 Å². The Morgan fingerprint density at radius 1 is 1.15 bits per heavy atom. The van der Waals surface area contributed by atoms with Gasteiger partial charge < -0.3 is 5.32 Å². The number of hydrogen-bond acceptors (Lipinski definition) is 1. The lowest BCUT2D eigenvalue weighted by atomic mass is 9.93. The van der Waals surface area contributed by atoms with E-state index in [-0.39, 0.29) is 11.3 Å². The van der Waals surface area contributed by atoms with Gasteiger partial charge in [0.2, 0.25) is 5.91 Å². The van der Waals surface area contributed by atoms with Crippen molar-refractivity contribution in [3.63, 3.8) is 0 Å². The van der Waals surface area contributed by atoms with Crippen LogP contribution in [0.5, 0.6) is 0 Å². The van der Waals surface area contributed by atoms with Crippen molar-refractivity contribution in [2.45, 2.75) is 25.2 Å². The maximum absolute atomic E-state index is 12.6. The molecule has 3 heteroatoms. The van der Waals surface area contributed by atoms with E-state index in [9.17, 15) is 4.79 Å². The number of benzene rings is 2. The molecule has 0 aliphatic heterocycles. The summed E-state index contributed by atoms with van der Waals surface area (Å²) in [5, 5.41) is 3.05. The van der Waals surface area contributed by atoms with Gasteiger partial charge in [-0.25, -0.2) is 0 Å². The van der Waals surface area contributed by atoms with Crippen LogP contribution in [0.1, 0.15) is 24.0 Å². The second-order valence-electron chi connectivity index (χ2n) is 5.41. The van der Waals surface area contributed by atoms with Gasteiger partial charge in [0.05, 0.1) is 5.41 Å². The molecule has 0 radical (unpaired) electrons. The zero-order valence-electron chi connectivity index (χ0n) is 11.3. The summed E-state index contributed by atoms with van der Waals surface area (Å²) in [4.78, 5) is 12.6. The van der Waals surface area contributed by atoms with E-state index in [4.69, 9.17) is 0 Å². The van der Waals surface area contributed by atoms with Crippen molar-refractivity contribution in [3.05, 3.63) is 63.2 Å². The smallest absolute Gasteiger partial charge is 0.235 e. The van der Waals surface area contributed by atoms with Gasteiger partial charge in [0.1, 0.15) is 0 Å². The molecule has 1 saturated carbocycles. The largest absolute Gasteiger partial charge is 0.325 e. The Bertz CT molecular complexity index is 644. The van der Waals surface area contributed by atoms with E-state index in [1.165, 1.54) is 9.13 Å². The highest BCUT2D eigenvalue weighted by atomic mass is 127. The van der Waals surface area contributed by atoms with Crippen molar-refractivity contribution in [1.82, 2.24) is 0 Å². The molecule has 102 valence electrons. The van der Waals surface area contributed by atoms with Gasteiger partial charge in [-0.05, 0) is 72.2 Å². The van der Waals surface area contributed by atoms with Crippen molar-refractivity contribution >= 4 is 34.2 Å². The van der Waals surface area contributed by atoms with Crippen molar-refractivity contribution in [3.8, 4) is 0 Å². The number of carbonyl (C=O) groups excluding carboxylic acids is 1. The molecule has 0 atom stereocenters. The molecule has 1 N–H and O–H groups in total. The fourth-order valence-electron chi connectivity index (χ4n) is 2.50. The lowest BCUT2D eigenvalue weighted by Crippen LogP contribution is -2.27. The zero-order valence-corrected chi connectivity index (χ0v) is 13.5. The maximum Gasteiger partial charge on any atom is 0.235 e. The standard InChI is InChI=1S/C17H16INO/c1-12-3-2-4-13(11-12)17(9-10-17)16(20)19-15-7-5-14(18)6-8-15/h2-8,11H,9-10H2,1H3,(H,19,20). The van der Waals surface area contributed by atoms with E-state index in [1.807, 2.05) is 30.3 Å². The van der Waals surface area contributed by atoms with Gasteiger partial charge in [0, 0.05) is 9.26 Å². The van der Waals surface area contributed by atoms with Crippen molar-refractivity contribution in [2.75, 3.05) is 5.32 Å². The summed E-state index contributed by atoms with van der Waals surface area (Å²) in [6.45, 7) is 2.07. The number of hydrogen-bond donors (Lipinski definition) is 1. The number of rotatable bonds is 3. The molecular weight excluding hydrogens is 361 g/mol. The first-order chi connectivity index (χ1) is 9.60. The van der Waals surface area contributed by atoms with E-state index in [0.717, 1.165) is 24.1 Å². The van der Waals surface area contributed by atoms with Gasteiger partial charge in [-0.3, -0.25) is 4.79 Å². The quantitative estimate of drug-likeness (QED) is 0.796. The van der Waals surface area contributed by atoms with Gasteiger partial charge in [-0.1, -0.05) is 29.8 Å². The molecule has 0 saturated heterocycles. The number of anilines is 1. The van der Waals surface area contributed by atoms with Gasteiger partial charge in [0.25, 0.3) is 0 Å². The molecule has 1 amide bonds. The molecule has 1 aliphatic rings. The Kier molecular flexibility index (Phi) is 3.54. The van der Waals surface area contributed by atoms with Crippen LogP contribution < -0.4 is 5.32 Å². The van der Waals surface area contributed by atoms with Crippen LogP contribution in [0.15, 0.2) is 48.5 Å². The van der Waals surface area contributed by atoms with Gasteiger partial charge >= 0.3 is 0 Å². The highest BCUT2D eigenvalue weighted by molar-refractivity contribution is 14.1. The van der Waals surface area contributed by atoms with Crippen LogP contribution in [0, 0.1) is 10.5 Å². The molecule has 0 bridgehead atoms. The predicted octanol–water partition coefficient (Wildman–Crippen LogP) is 4.27. The van der Waals surface area contributed by atoms with Crippen LogP contribution >= 0.6 is 22.6 Å². The number of nitrogens with one attached hydrogen (secondary N) is 1. The minimum atomic E-state index is -0.310. The van der Waals surface area contributed by atoms with E-state index in [2.05, 4.69) is 53.0 Å². The molecular formula is C17H16INO. The molecule has 20 heavy (non-hydrogen) atoms. The summed E-state index contributed by atoms with van der Waals surface area (Å²) in [6.07, 6.45) is 1.87. The molecule has 1 fully saturated rings. The number of halogens is 1. The fourth-order valence-corrected chi connectivity index (χ4v) is 2.86. The van der Waals surface area contributed by atoms with E-state index >= 15 is 0 Å². The summed E-state index contributed by atoms with van der Waals surface area (Å²) in [6, 6.07) is 16.2. The first kappa shape index (κ1) is 13.6. The summed E-state index contributed by atoms with van der Waals surface area (Å²) in [5.41, 5.74) is 2.90. The molecule has 2 aromatic rings. The maximum atomic E-state index is 12.6. The van der Waals surface area contributed by atoms with Crippen molar-refractivity contribution < 1.29 is 4.79 Å². The molecule has 3 rings (SSSR count). The van der Waals surface area contributed by atoms with Crippen LogP contribution in [0.2, 0.25) is 0 Å². The highest BCUT2D eigenvalue weighted by Crippen LogP contribution is 2.49.